The van der Waals surface area contributed by atoms with Crippen molar-refractivity contribution in [2.75, 3.05) is 26.2 Å². The zero-order chi connectivity index (χ0) is 10.4. The molecule has 3 fully saturated rings. The number of amides is 3. The summed E-state index contributed by atoms with van der Waals surface area (Å²) in [5, 5.41) is 2.56. The maximum atomic E-state index is 11.4. The molecule has 1 N–H and O–H groups in total. The second kappa shape index (κ2) is 3.20. The van der Waals surface area contributed by atoms with Gasteiger partial charge >= 0.3 is 6.03 Å². The zero-order valence-electron chi connectivity index (χ0n) is 8.61. The molecular weight excluding hydrogens is 194 g/mol. The molecule has 5 heteroatoms. The first kappa shape index (κ1) is 9.15. The van der Waals surface area contributed by atoms with Gasteiger partial charge in [0.25, 0.3) is 0 Å². The Bertz CT molecular complexity index is 292. The van der Waals surface area contributed by atoms with E-state index < -0.39 is 0 Å². The number of nitrogens with zero attached hydrogens (tertiary/aromatic N) is 2. The molecule has 0 atom stereocenters. The molecule has 0 aromatic carbocycles. The Morgan fingerprint density at radius 3 is 2.53 bits per heavy atom. The molecule has 5 nitrogen and oxygen atoms in total. The number of likely N-dealkylation sites (tertiary alicyclic amines) is 1. The monoisotopic (exact) mass is 209 g/mol. The summed E-state index contributed by atoms with van der Waals surface area (Å²) in [5.41, 5.74) is 0. The Morgan fingerprint density at radius 2 is 2.00 bits per heavy atom. The highest BCUT2D eigenvalue weighted by Gasteiger charge is 2.42. The van der Waals surface area contributed by atoms with Crippen LogP contribution in [0, 0.1) is 5.92 Å². The molecule has 15 heavy (non-hydrogen) atoms. The van der Waals surface area contributed by atoms with E-state index in [-0.39, 0.29) is 24.5 Å². The lowest BCUT2D eigenvalue weighted by molar-refractivity contribution is -0.129. The van der Waals surface area contributed by atoms with E-state index in [0.717, 1.165) is 25.6 Å². The normalized spacial score (nSPS) is 28.1. The van der Waals surface area contributed by atoms with Gasteiger partial charge in [-0.05, 0) is 18.8 Å². The van der Waals surface area contributed by atoms with Crippen LogP contribution >= 0.6 is 0 Å². The van der Waals surface area contributed by atoms with Gasteiger partial charge in [-0.1, -0.05) is 0 Å². The number of imide groups is 1. The summed E-state index contributed by atoms with van der Waals surface area (Å²) in [6.45, 7) is 3.07. The lowest BCUT2D eigenvalue weighted by Gasteiger charge is -2.42. The summed E-state index contributed by atoms with van der Waals surface area (Å²) < 4.78 is 0. The van der Waals surface area contributed by atoms with Crippen molar-refractivity contribution >= 4 is 11.9 Å². The maximum absolute atomic E-state index is 11.4. The molecule has 0 aromatic heterocycles. The number of hydrogen-bond donors (Lipinski definition) is 1. The van der Waals surface area contributed by atoms with Crippen molar-refractivity contribution in [3.63, 3.8) is 0 Å². The van der Waals surface area contributed by atoms with Crippen molar-refractivity contribution < 1.29 is 9.59 Å². The lowest BCUT2D eigenvalue weighted by Crippen LogP contribution is -2.61. The number of rotatable bonds is 3. The molecule has 2 aliphatic heterocycles. The zero-order valence-corrected chi connectivity index (χ0v) is 8.61. The van der Waals surface area contributed by atoms with Crippen LogP contribution in [0.5, 0.6) is 0 Å². The minimum Gasteiger partial charge on any atom is -0.329 e. The molecular formula is C10H15N3O2. The molecule has 0 aromatic rings. The fourth-order valence-electron chi connectivity index (χ4n) is 2.32. The molecule has 0 unspecified atom stereocenters. The van der Waals surface area contributed by atoms with Gasteiger partial charge in [0.15, 0.2) is 0 Å². The van der Waals surface area contributed by atoms with Crippen molar-refractivity contribution in [1.29, 1.82) is 0 Å². The van der Waals surface area contributed by atoms with E-state index >= 15 is 0 Å². The van der Waals surface area contributed by atoms with E-state index in [2.05, 4.69) is 10.2 Å². The van der Waals surface area contributed by atoms with E-state index in [4.69, 9.17) is 0 Å². The van der Waals surface area contributed by atoms with E-state index in [1.807, 2.05) is 0 Å². The van der Waals surface area contributed by atoms with Crippen molar-refractivity contribution in [2.45, 2.75) is 18.9 Å². The van der Waals surface area contributed by atoms with Crippen LogP contribution in [0.3, 0.4) is 0 Å². The van der Waals surface area contributed by atoms with Gasteiger partial charge in [-0.2, -0.15) is 0 Å². The largest absolute Gasteiger partial charge is 0.329 e. The van der Waals surface area contributed by atoms with Crippen LogP contribution in [-0.4, -0.2) is 54.0 Å². The average molecular weight is 209 g/mol. The Morgan fingerprint density at radius 1 is 1.27 bits per heavy atom. The molecule has 3 rings (SSSR count). The minimum atomic E-state index is -0.212. The number of urea groups is 1. The van der Waals surface area contributed by atoms with Crippen LogP contribution < -0.4 is 5.32 Å². The highest BCUT2D eigenvalue weighted by molar-refractivity contribution is 6.02. The molecule has 82 valence electrons. The molecule has 2 saturated heterocycles. The summed E-state index contributed by atoms with van der Waals surface area (Å²) in [6, 6.07) is -0.0881. The molecule has 0 spiro atoms. The predicted molar refractivity (Wildman–Crippen MR) is 53.2 cm³/mol. The third kappa shape index (κ3) is 1.61. The predicted octanol–water partition coefficient (Wildman–Crippen LogP) is -0.368. The number of nitrogens with one attached hydrogen (secondary N) is 1. The molecule has 2 heterocycles. The van der Waals surface area contributed by atoms with E-state index in [1.54, 1.807) is 0 Å². The van der Waals surface area contributed by atoms with E-state index in [1.165, 1.54) is 17.7 Å². The second-order valence-electron chi connectivity index (χ2n) is 4.74. The first-order valence-corrected chi connectivity index (χ1v) is 5.56. The Hall–Kier alpha value is -1.10. The number of carbonyl (C=O) groups is 2. The smallest absolute Gasteiger partial charge is 0.324 e. The van der Waals surface area contributed by atoms with Gasteiger partial charge in [0.1, 0.15) is 0 Å². The molecule has 0 bridgehead atoms. The van der Waals surface area contributed by atoms with Gasteiger partial charge in [-0.15, -0.1) is 0 Å². The van der Waals surface area contributed by atoms with E-state index in [9.17, 15) is 9.59 Å². The fraction of sp³-hybridized carbons (Fsp3) is 0.800. The maximum Gasteiger partial charge on any atom is 0.324 e. The Labute approximate surface area is 88.4 Å². The summed E-state index contributed by atoms with van der Waals surface area (Å²) in [6.07, 6.45) is 2.70. The van der Waals surface area contributed by atoms with Gasteiger partial charge < -0.3 is 5.32 Å². The number of carbonyl (C=O) groups excluding carboxylic acids is 2. The molecule has 0 radical (unpaired) electrons. The molecule has 3 amide bonds. The van der Waals surface area contributed by atoms with Gasteiger partial charge in [0.2, 0.25) is 5.91 Å². The van der Waals surface area contributed by atoms with Crippen LogP contribution in [0.15, 0.2) is 0 Å². The summed E-state index contributed by atoms with van der Waals surface area (Å²) in [4.78, 5) is 26.4. The van der Waals surface area contributed by atoms with Crippen LogP contribution in [0.25, 0.3) is 0 Å². The van der Waals surface area contributed by atoms with Crippen molar-refractivity contribution in [2.24, 2.45) is 5.92 Å². The van der Waals surface area contributed by atoms with Gasteiger partial charge in [-0.25, -0.2) is 4.79 Å². The van der Waals surface area contributed by atoms with Crippen molar-refractivity contribution in [3.8, 4) is 0 Å². The quantitative estimate of drug-likeness (QED) is 0.645. The Kier molecular flexibility index (Phi) is 1.95. The lowest BCUT2D eigenvalue weighted by atomic mass is 10.1. The average Bonchev–Trinajstić information content (AvgIpc) is 2.89. The highest BCUT2D eigenvalue weighted by atomic mass is 16.2. The summed E-state index contributed by atoms with van der Waals surface area (Å²) >= 11 is 0. The third-order valence-electron chi connectivity index (χ3n) is 3.39. The minimum absolute atomic E-state index is 0.0731. The van der Waals surface area contributed by atoms with Crippen molar-refractivity contribution in [3.05, 3.63) is 0 Å². The molecule has 1 saturated carbocycles. The number of hydrogen-bond acceptors (Lipinski definition) is 3. The van der Waals surface area contributed by atoms with E-state index in [0.29, 0.717) is 0 Å². The van der Waals surface area contributed by atoms with Gasteiger partial charge in [0, 0.05) is 19.6 Å². The SMILES string of the molecule is O=C1CNC(=O)N1C1CN(CC2CC2)C1. The fourth-order valence-corrected chi connectivity index (χ4v) is 2.32. The summed E-state index contributed by atoms with van der Waals surface area (Å²) in [7, 11) is 0. The first-order valence-electron chi connectivity index (χ1n) is 5.56. The standard InChI is InChI=1S/C10H15N3O2/c14-9-3-11-10(15)13(9)8-5-12(6-8)4-7-1-2-7/h7-8H,1-6H2,(H,11,15). The first-order chi connectivity index (χ1) is 7.24. The van der Waals surface area contributed by atoms with Crippen LogP contribution in [0.4, 0.5) is 4.79 Å². The molecule has 3 aliphatic rings. The second-order valence-corrected chi connectivity index (χ2v) is 4.74. The van der Waals surface area contributed by atoms with Gasteiger partial charge in [0.05, 0.1) is 12.6 Å². The van der Waals surface area contributed by atoms with Crippen LogP contribution in [-0.2, 0) is 4.79 Å². The molecule has 1 aliphatic carbocycles. The van der Waals surface area contributed by atoms with Crippen LogP contribution in [0.1, 0.15) is 12.8 Å². The highest BCUT2D eigenvalue weighted by Crippen LogP contribution is 2.31. The topological polar surface area (TPSA) is 52.7 Å². The third-order valence-corrected chi connectivity index (χ3v) is 3.39. The van der Waals surface area contributed by atoms with Gasteiger partial charge in [-0.3, -0.25) is 14.6 Å². The van der Waals surface area contributed by atoms with Crippen molar-refractivity contribution in [1.82, 2.24) is 15.1 Å². The summed E-state index contributed by atoms with van der Waals surface area (Å²) in [5.74, 6) is 0.810. The Balaban J connectivity index is 1.52. The van der Waals surface area contributed by atoms with Crippen LogP contribution in [0.2, 0.25) is 0 Å².